The molecule has 204 valence electrons. The van der Waals surface area contributed by atoms with Gasteiger partial charge in [0.15, 0.2) is 0 Å². The molecular formula is C23H29Cl2N3O7S2. The quantitative estimate of drug-likeness (QED) is 0.397. The highest BCUT2D eigenvalue weighted by molar-refractivity contribution is 7.92. The average Bonchev–Trinajstić information content (AvgIpc) is 2.84. The van der Waals surface area contributed by atoms with E-state index in [0.29, 0.717) is 32.1 Å². The average molecular weight is 595 g/mol. The molecular weight excluding hydrogens is 565 g/mol. The molecule has 0 spiro atoms. The minimum Gasteiger partial charge on any atom is -0.492 e. The zero-order chi connectivity index (χ0) is 27.2. The minimum atomic E-state index is -3.84. The van der Waals surface area contributed by atoms with Crippen LogP contribution in [0.5, 0.6) is 5.75 Å². The second kappa shape index (κ2) is 12.6. The maximum absolute atomic E-state index is 12.9. The van der Waals surface area contributed by atoms with E-state index < -0.39 is 32.0 Å². The normalized spacial score (nSPS) is 15.7. The van der Waals surface area contributed by atoms with Crippen molar-refractivity contribution in [3.63, 3.8) is 0 Å². The predicted octanol–water partition coefficient (Wildman–Crippen LogP) is 2.75. The molecule has 0 aromatic heterocycles. The van der Waals surface area contributed by atoms with Crippen molar-refractivity contribution in [2.24, 2.45) is 0 Å². The van der Waals surface area contributed by atoms with Crippen LogP contribution < -0.4 is 14.4 Å². The molecule has 1 aliphatic heterocycles. The van der Waals surface area contributed by atoms with Gasteiger partial charge in [0.25, 0.3) is 0 Å². The van der Waals surface area contributed by atoms with Crippen LogP contribution in [0.1, 0.15) is 13.3 Å². The monoisotopic (exact) mass is 593 g/mol. The van der Waals surface area contributed by atoms with Crippen LogP contribution in [0, 0.1) is 0 Å². The molecule has 1 atom stereocenters. The van der Waals surface area contributed by atoms with Crippen molar-refractivity contribution in [3.05, 3.63) is 52.5 Å². The Bertz CT molecular complexity index is 1280. The Morgan fingerprint density at radius 1 is 1.08 bits per heavy atom. The SMILES string of the molecule is CC[C@H](C(=O)NCCOc1ccc(S(=O)(=O)N2CCOCC2)cc1)N(c1cc(Cl)cc(Cl)c1)S(C)(=O)=O. The van der Waals surface area contributed by atoms with Crippen LogP contribution in [-0.4, -0.2) is 78.8 Å². The molecule has 2 aromatic carbocycles. The van der Waals surface area contributed by atoms with Crippen molar-refractivity contribution in [1.82, 2.24) is 9.62 Å². The van der Waals surface area contributed by atoms with E-state index >= 15 is 0 Å². The molecule has 0 aliphatic carbocycles. The second-order valence-electron chi connectivity index (χ2n) is 8.24. The van der Waals surface area contributed by atoms with Crippen molar-refractivity contribution in [3.8, 4) is 5.75 Å². The third kappa shape index (κ3) is 7.71. The Morgan fingerprint density at radius 2 is 1.68 bits per heavy atom. The lowest BCUT2D eigenvalue weighted by Gasteiger charge is -2.30. The van der Waals surface area contributed by atoms with E-state index in [4.69, 9.17) is 32.7 Å². The first kappa shape index (κ1) is 29.5. The maximum Gasteiger partial charge on any atom is 0.244 e. The van der Waals surface area contributed by atoms with Crippen molar-refractivity contribution in [1.29, 1.82) is 0 Å². The Balaban J connectivity index is 1.59. The summed E-state index contributed by atoms with van der Waals surface area (Å²) in [4.78, 5) is 13.1. The van der Waals surface area contributed by atoms with Gasteiger partial charge in [0, 0.05) is 23.1 Å². The van der Waals surface area contributed by atoms with Gasteiger partial charge in [0.2, 0.25) is 26.0 Å². The first-order valence-electron chi connectivity index (χ1n) is 11.5. The second-order valence-corrected chi connectivity index (χ2v) is 12.9. The van der Waals surface area contributed by atoms with E-state index in [-0.39, 0.29) is 40.2 Å². The van der Waals surface area contributed by atoms with Gasteiger partial charge in [-0.25, -0.2) is 16.8 Å². The zero-order valence-electron chi connectivity index (χ0n) is 20.4. The summed E-state index contributed by atoms with van der Waals surface area (Å²) in [5.41, 5.74) is 0.186. The highest BCUT2D eigenvalue weighted by Crippen LogP contribution is 2.29. The molecule has 0 radical (unpaired) electrons. The Morgan fingerprint density at radius 3 is 2.22 bits per heavy atom. The molecule has 1 N–H and O–H groups in total. The first-order valence-corrected chi connectivity index (χ1v) is 15.5. The van der Waals surface area contributed by atoms with Crippen LogP contribution >= 0.6 is 23.2 Å². The van der Waals surface area contributed by atoms with Crippen molar-refractivity contribution < 1.29 is 31.1 Å². The number of rotatable bonds is 11. The molecule has 1 amide bonds. The molecule has 14 heteroatoms. The summed E-state index contributed by atoms with van der Waals surface area (Å²) in [7, 11) is -7.45. The summed E-state index contributed by atoms with van der Waals surface area (Å²) >= 11 is 12.1. The molecule has 3 rings (SSSR count). The van der Waals surface area contributed by atoms with Crippen molar-refractivity contribution >= 4 is 54.8 Å². The van der Waals surface area contributed by atoms with Crippen LogP contribution in [0.15, 0.2) is 47.4 Å². The lowest BCUT2D eigenvalue weighted by molar-refractivity contribution is -0.122. The molecule has 1 saturated heterocycles. The van der Waals surface area contributed by atoms with Crippen LogP contribution in [0.3, 0.4) is 0 Å². The number of carbonyl (C=O) groups excluding carboxylic acids is 1. The van der Waals surface area contributed by atoms with E-state index in [1.54, 1.807) is 6.92 Å². The van der Waals surface area contributed by atoms with Gasteiger partial charge in [0.1, 0.15) is 18.4 Å². The topological polar surface area (TPSA) is 122 Å². The third-order valence-corrected chi connectivity index (χ3v) is 9.06. The number of amides is 1. The summed E-state index contributed by atoms with van der Waals surface area (Å²) in [5.74, 6) is -0.0897. The lowest BCUT2D eigenvalue weighted by Crippen LogP contribution is -2.50. The van der Waals surface area contributed by atoms with Crippen LogP contribution in [0.2, 0.25) is 10.0 Å². The van der Waals surface area contributed by atoms with Gasteiger partial charge in [-0.15, -0.1) is 0 Å². The number of hydrogen-bond donors (Lipinski definition) is 1. The Hall–Kier alpha value is -2.09. The summed E-state index contributed by atoms with van der Waals surface area (Å²) in [6.45, 7) is 3.20. The van der Waals surface area contributed by atoms with Crippen molar-refractivity contribution in [2.45, 2.75) is 24.3 Å². The number of benzene rings is 2. The predicted molar refractivity (Wildman–Crippen MR) is 142 cm³/mol. The number of halogens is 2. The van der Waals surface area contributed by atoms with E-state index in [2.05, 4.69) is 5.32 Å². The number of carbonyl (C=O) groups is 1. The van der Waals surface area contributed by atoms with Gasteiger partial charge in [-0.05, 0) is 48.9 Å². The maximum atomic E-state index is 12.9. The van der Waals surface area contributed by atoms with Gasteiger partial charge >= 0.3 is 0 Å². The standard InChI is InChI=1S/C23H29Cl2N3O7S2/c1-3-22(28(36(2,30)31)19-15-17(24)14-18(25)16-19)23(29)26-8-11-35-20-4-6-21(7-5-20)37(32,33)27-9-12-34-13-10-27/h4-7,14-16,22H,3,8-13H2,1-2H3,(H,26,29)/t22-/m1/s1. The van der Waals surface area contributed by atoms with E-state index in [1.165, 1.54) is 46.8 Å². The smallest absolute Gasteiger partial charge is 0.244 e. The number of sulfonamides is 2. The summed E-state index contributed by atoms with van der Waals surface area (Å²) < 4.78 is 63.7. The number of anilines is 1. The molecule has 10 nitrogen and oxygen atoms in total. The third-order valence-electron chi connectivity index (χ3n) is 5.53. The van der Waals surface area contributed by atoms with Crippen LogP contribution in [-0.2, 0) is 29.6 Å². The molecule has 1 aliphatic rings. The number of ether oxygens (including phenoxy) is 2. The van der Waals surface area contributed by atoms with Crippen LogP contribution in [0.25, 0.3) is 0 Å². The Labute approximate surface area is 227 Å². The fraction of sp³-hybridized carbons (Fsp3) is 0.435. The largest absolute Gasteiger partial charge is 0.492 e. The molecule has 2 aromatic rings. The van der Waals surface area contributed by atoms with E-state index in [9.17, 15) is 21.6 Å². The highest BCUT2D eigenvalue weighted by atomic mass is 35.5. The van der Waals surface area contributed by atoms with Crippen LogP contribution in [0.4, 0.5) is 5.69 Å². The van der Waals surface area contributed by atoms with Gasteiger partial charge in [-0.2, -0.15) is 4.31 Å². The molecule has 1 heterocycles. The summed E-state index contributed by atoms with van der Waals surface area (Å²) in [5, 5.41) is 3.16. The Kier molecular flexibility index (Phi) is 10.1. The molecule has 1 fully saturated rings. The molecule has 0 bridgehead atoms. The van der Waals surface area contributed by atoms with E-state index in [1.807, 2.05) is 0 Å². The van der Waals surface area contributed by atoms with Gasteiger partial charge in [0.05, 0.1) is 36.6 Å². The summed E-state index contributed by atoms with van der Waals surface area (Å²) in [6, 6.07) is 9.30. The fourth-order valence-electron chi connectivity index (χ4n) is 3.83. The number of nitrogens with one attached hydrogen (secondary N) is 1. The lowest BCUT2D eigenvalue weighted by atomic mass is 10.2. The molecule has 0 unspecified atom stereocenters. The molecule has 0 saturated carbocycles. The molecule has 37 heavy (non-hydrogen) atoms. The fourth-order valence-corrected chi connectivity index (χ4v) is 6.95. The number of nitrogens with zero attached hydrogens (tertiary/aromatic N) is 2. The zero-order valence-corrected chi connectivity index (χ0v) is 23.5. The highest BCUT2D eigenvalue weighted by Gasteiger charge is 2.32. The van der Waals surface area contributed by atoms with Gasteiger partial charge in [-0.3, -0.25) is 9.10 Å². The summed E-state index contributed by atoms with van der Waals surface area (Å²) in [6.07, 6.45) is 1.20. The number of hydrogen-bond acceptors (Lipinski definition) is 7. The first-order chi connectivity index (χ1) is 17.4. The van der Waals surface area contributed by atoms with E-state index in [0.717, 1.165) is 10.6 Å². The van der Waals surface area contributed by atoms with Crippen molar-refractivity contribution in [2.75, 3.05) is 50.0 Å². The van der Waals surface area contributed by atoms with Gasteiger partial charge < -0.3 is 14.8 Å². The minimum absolute atomic E-state index is 0.0829. The van der Waals surface area contributed by atoms with Gasteiger partial charge in [-0.1, -0.05) is 30.1 Å². The number of morpholine rings is 1.